The van der Waals surface area contributed by atoms with Crippen LogP contribution in [0.4, 0.5) is 4.79 Å². The highest BCUT2D eigenvalue weighted by Crippen LogP contribution is 2.33. The standard InChI is InChI=1S/C15H24N2O3S/c1-11-4-2-3-5-12(11)20-8-7-17-13(18)15(16-14(17)19)6-9-21-10-15/h11-12H,2-10H2,1H3,(H,16,19). The van der Waals surface area contributed by atoms with Gasteiger partial charge in [0, 0.05) is 5.75 Å². The molecular formula is C15H24N2O3S. The number of urea groups is 1. The number of rotatable bonds is 4. The Hall–Kier alpha value is -0.750. The number of carbonyl (C=O) groups is 2. The summed E-state index contributed by atoms with van der Waals surface area (Å²) >= 11 is 1.73. The minimum Gasteiger partial charge on any atom is -0.376 e. The largest absolute Gasteiger partial charge is 0.376 e. The first-order chi connectivity index (χ1) is 10.1. The molecule has 5 nitrogen and oxygen atoms in total. The van der Waals surface area contributed by atoms with Gasteiger partial charge in [0.15, 0.2) is 0 Å². The van der Waals surface area contributed by atoms with Crippen molar-refractivity contribution in [3.05, 3.63) is 0 Å². The number of amides is 3. The normalized spacial score (nSPS) is 36.5. The number of carbonyl (C=O) groups excluding carboxylic acids is 2. The van der Waals surface area contributed by atoms with E-state index in [2.05, 4.69) is 12.2 Å². The van der Waals surface area contributed by atoms with Crippen LogP contribution < -0.4 is 5.32 Å². The Morgan fingerprint density at radius 1 is 1.38 bits per heavy atom. The van der Waals surface area contributed by atoms with Crippen molar-refractivity contribution in [2.24, 2.45) is 5.92 Å². The minimum absolute atomic E-state index is 0.0576. The summed E-state index contributed by atoms with van der Waals surface area (Å²) in [6.45, 7) is 3.06. The summed E-state index contributed by atoms with van der Waals surface area (Å²) in [4.78, 5) is 25.8. The molecule has 3 atom stereocenters. The molecule has 1 spiro atoms. The second kappa shape index (κ2) is 6.16. The lowest BCUT2D eigenvalue weighted by Crippen LogP contribution is -2.47. The Balaban J connectivity index is 1.51. The first-order valence-corrected chi connectivity index (χ1v) is 9.11. The van der Waals surface area contributed by atoms with E-state index in [-0.39, 0.29) is 18.0 Å². The molecule has 1 saturated carbocycles. The van der Waals surface area contributed by atoms with Crippen molar-refractivity contribution < 1.29 is 14.3 Å². The van der Waals surface area contributed by atoms with Gasteiger partial charge >= 0.3 is 6.03 Å². The molecule has 0 aromatic carbocycles. The van der Waals surface area contributed by atoms with Crippen LogP contribution in [0.3, 0.4) is 0 Å². The predicted octanol–water partition coefficient (Wildman–Crippen LogP) is 2.01. The first kappa shape index (κ1) is 15.2. The van der Waals surface area contributed by atoms with Gasteiger partial charge in [-0.25, -0.2) is 4.79 Å². The second-order valence-electron chi connectivity index (χ2n) is 6.44. The molecule has 0 aromatic rings. The molecule has 3 rings (SSSR count). The molecule has 2 aliphatic heterocycles. The maximum atomic E-state index is 12.5. The quantitative estimate of drug-likeness (QED) is 0.807. The molecule has 21 heavy (non-hydrogen) atoms. The number of thioether (sulfide) groups is 1. The van der Waals surface area contributed by atoms with Gasteiger partial charge in [-0.1, -0.05) is 19.8 Å². The van der Waals surface area contributed by atoms with E-state index in [9.17, 15) is 9.59 Å². The molecule has 2 heterocycles. The Morgan fingerprint density at radius 3 is 2.90 bits per heavy atom. The number of ether oxygens (including phenoxy) is 1. The summed E-state index contributed by atoms with van der Waals surface area (Å²) in [5, 5.41) is 2.89. The van der Waals surface area contributed by atoms with Crippen molar-refractivity contribution in [3.8, 4) is 0 Å². The number of nitrogens with zero attached hydrogens (tertiary/aromatic N) is 1. The number of nitrogens with one attached hydrogen (secondary N) is 1. The van der Waals surface area contributed by atoms with Crippen LogP contribution in [0.1, 0.15) is 39.0 Å². The van der Waals surface area contributed by atoms with Crippen LogP contribution in [-0.4, -0.2) is 53.1 Å². The van der Waals surface area contributed by atoms with Gasteiger partial charge in [-0.2, -0.15) is 11.8 Å². The lowest BCUT2D eigenvalue weighted by atomic mass is 9.88. The van der Waals surface area contributed by atoms with Crippen molar-refractivity contribution >= 4 is 23.7 Å². The Bertz CT molecular complexity index is 423. The summed E-state index contributed by atoms with van der Waals surface area (Å²) in [6.07, 6.45) is 5.86. The third kappa shape index (κ3) is 2.93. The molecule has 1 aliphatic carbocycles. The molecule has 1 N–H and O–H groups in total. The molecule has 118 valence electrons. The zero-order valence-electron chi connectivity index (χ0n) is 12.6. The van der Waals surface area contributed by atoms with Crippen LogP contribution in [0.15, 0.2) is 0 Å². The fraction of sp³-hybridized carbons (Fsp3) is 0.867. The summed E-state index contributed by atoms with van der Waals surface area (Å²) < 4.78 is 5.93. The van der Waals surface area contributed by atoms with E-state index in [0.29, 0.717) is 24.8 Å². The lowest BCUT2D eigenvalue weighted by molar-refractivity contribution is -0.131. The van der Waals surface area contributed by atoms with Crippen LogP contribution in [0, 0.1) is 5.92 Å². The molecular weight excluding hydrogens is 288 g/mol. The predicted molar refractivity (Wildman–Crippen MR) is 82.3 cm³/mol. The van der Waals surface area contributed by atoms with E-state index in [4.69, 9.17) is 4.74 Å². The van der Waals surface area contributed by atoms with Crippen LogP contribution in [0.2, 0.25) is 0 Å². The molecule has 3 unspecified atom stereocenters. The van der Waals surface area contributed by atoms with Crippen LogP contribution in [0.25, 0.3) is 0 Å². The summed E-state index contributed by atoms with van der Waals surface area (Å²) in [5.74, 6) is 2.17. The van der Waals surface area contributed by atoms with Gasteiger partial charge in [-0.15, -0.1) is 0 Å². The molecule has 0 aromatic heterocycles. The highest BCUT2D eigenvalue weighted by Gasteiger charge is 2.52. The number of hydrogen-bond acceptors (Lipinski definition) is 4. The third-order valence-corrected chi connectivity index (χ3v) is 6.14. The maximum absolute atomic E-state index is 12.5. The van der Waals surface area contributed by atoms with E-state index in [1.54, 1.807) is 11.8 Å². The fourth-order valence-corrected chi connectivity index (χ4v) is 4.86. The zero-order valence-corrected chi connectivity index (χ0v) is 13.4. The third-order valence-electron chi connectivity index (χ3n) is 4.95. The number of imide groups is 1. The monoisotopic (exact) mass is 312 g/mol. The fourth-order valence-electron chi connectivity index (χ4n) is 3.54. The average Bonchev–Trinajstić information content (AvgIpc) is 3.02. The minimum atomic E-state index is -0.625. The molecule has 0 radical (unpaired) electrons. The van der Waals surface area contributed by atoms with Crippen LogP contribution in [0.5, 0.6) is 0 Å². The lowest BCUT2D eigenvalue weighted by Gasteiger charge is -2.29. The van der Waals surface area contributed by atoms with E-state index in [1.165, 1.54) is 24.2 Å². The van der Waals surface area contributed by atoms with E-state index < -0.39 is 5.54 Å². The first-order valence-electron chi connectivity index (χ1n) is 7.96. The van der Waals surface area contributed by atoms with Crippen molar-refractivity contribution in [1.29, 1.82) is 0 Å². The van der Waals surface area contributed by atoms with Gasteiger partial charge in [-0.3, -0.25) is 9.69 Å². The van der Waals surface area contributed by atoms with Crippen molar-refractivity contribution in [2.75, 3.05) is 24.7 Å². The van der Waals surface area contributed by atoms with Crippen molar-refractivity contribution in [1.82, 2.24) is 10.2 Å². The van der Waals surface area contributed by atoms with Gasteiger partial charge < -0.3 is 10.1 Å². The Morgan fingerprint density at radius 2 is 2.19 bits per heavy atom. The Kier molecular flexibility index (Phi) is 4.45. The SMILES string of the molecule is CC1CCCCC1OCCN1C(=O)NC2(CCSC2)C1=O. The molecule has 6 heteroatoms. The average molecular weight is 312 g/mol. The van der Waals surface area contributed by atoms with Gasteiger partial charge in [0.05, 0.1) is 19.3 Å². The van der Waals surface area contributed by atoms with Crippen molar-refractivity contribution in [2.45, 2.75) is 50.7 Å². The Labute approximate surface area is 130 Å². The molecule has 0 bridgehead atoms. The highest BCUT2D eigenvalue weighted by molar-refractivity contribution is 7.99. The summed E-state index contributed by atoms with van der Waals surface area (Å²) in [7, 11) is 0. The maximum Gasteiger partial charge on any atom is 0.325 e. The van der Waals surface area contributed by atoms with Gasteiger partial charge in [0.2, 0.25) is 0 Å². The van der Waals surface area contributed by atoms with Gasteiger partial charge in [0.1, 0.15) is 5.54 Å². The topological polar surface area (TPSA) is 58.6 Å². The van der Waals surface area contributed by atoms with E-state index in [1.807, 2.05) is 0 Å². The molecule has 2 saturated heterocycles. The number of hydrogen-bond donors (Lipinski definition) is 1. The summed E-state index contributed by atoms with van der Waals surface area (Å²) in [5.41, 5.74) is -0.625. The van der Waals surface area contributed by atoms with E-state index >= 15 is 0 Å². The highest BCUT2D eigenvalue weighted by atomic mass is 32.2. The van der Waals surface area contributed by atoms with Crippen molar-refractivity contribution in [3.63, 3.8) is 0 Å². The second-order valence-corrected chi connectivity index (χ2v) is 7.55. The van der Waals surface area contributed by atoms with Gasteiger partial charge in [0.25, 0.3) is 5.91 Å². The molecule has 3 aliphatic rings. The molecule has 3 fully saturated rings. The summed E-state index contributed by atoms with van der Waals surface area (Å²) in [6, 6.07) is -0.247. The van der Waals surface area contributed by atoms with E-state index in [0.717, 1.165) is 18.6 Å². The molecule has 3 amide bonds. The van der Waals surface area contributed by atoms with Crippen LogP contribution >= 0.6 is 11.8 Å². The zero-order chi connectivity index (χ0) is 14.9. The van der Waals surface area contributed by atoms with Gasteiger partial charge in [-0.05, 0) is 30.9 Å². The van der Waals surface area contributed by atoms with Crippen LogP contribution in [-0.2, 0) is 9.53 Å². The smallest absolute Gasteiger partial charge is 0.325 e.